The predicted molar refractivity (Wildman–Crippen MR) is 126 cm³/mol. The molecule has 0 aliphatic carbocycles. The number of carboxylic acid groups (broad SMARTS) is 1. The van der Waals surface area contributed by atoms with Crippen molar-refractivity contribution in [3.05, 3.63) is 94.5 Å². The van der Waals surface area contributed by atoms with Crippen LogP contribution in [0.3, 0.4) is 0 Å². The van der Waals surface area contributed by atoms with E-state index in [0.29, 0.717) is 27.0 Å². The van der Waals surface area contributed by atoms with E-state index in [1.807, 2.05) is 24.3 Å². The molecule has 0 radical (unpaired) electrons. The Balaban J connectivity index is 2.05. The number of carboxylic acids is 1. The number of hydrogen-bond acceptors (Lipinski definition) is 3. The number of rotatable bonds is 7. The topological polar surface area (TPSA) is 75.6 Å². The summed E-state index contributed by atoms with van der Waals surface area (Å²) in [6.07, 6.45) is 0. The lowest BCUT2D eigenvalue weighted by Crippen LogP contribution is -2.20. The van der Waals surface area contributed by atoms with Crippen LogP contribution >= 0.6 is 27.5 Å². The quantitative estimate of drug-likeness (QED) is 0.179. The second kappa shape index (κ2) is 10.3. The molecule has 0 aromatic heterocycles. The molecule has 158 valence electrons. The first-order chi connectivity index (χ1) is 14.9. The van der Waals surface area contributed by atoms with Crippen LogP contribution in [0.15, 0.2) is 83.3 Å². The van der Waals surface area contributed by atoms with Gasteiger partial charge in [-0.05, 0) is 46.6 Å². The standard InChI is InChI=1S/C24H19BrClNO4/c1-15(26)23(28)27-20-13-12-18(14-19(20)25)31-22(17-10-6-3-7-11-17)21(24(29)30)16-8-4-2-5-9-16/h2-15H,1H3,(H,27,28)(H,29,30). The minimum Gasteiger partial charge on any atom is -0.478 e. The Bertz CT molecular complexity index is 1110. The van der Waals surface area contributed by atoms with Crippen LogP contribution in [0, 0.1) is 0 Å². The van der Waals surface area contributed by atoms with E-state index < -0.39 is 11.3 Å². The minimum absolute atomic E-state index is 0.0382. The molecule has 1 atom stereocenters. The van der Waals surface area contributed by atoms with E-state index in [2.05, 4.69) is 21.2 Å². The van der Waals surface area contributed by atoms with Gasteiger partial charge >= 0.3 is 5.97 Å². The first kappa shape index (κ1) is 22.6. The Morgan fingerprint density at radius 1 is 0.968 bits per heavy atom. The Kier molecular flexibility index (Phi) is 7.50. The fraction of sp³-hybridized carbons (Fsp3) is 0.0833. The van der Waals surface area contributed by atoms with Gasteiger partial charge in [0.15, 0.2) is 0 Å². The molecule has 3 rings (SSSR count). The summed E-state index contributed by atoms with van der Waals surface area (Å²) in [7, 11) is 0. The number of carbonyl (C=O) groups is 2. The van der Waals surface area contributed by atoms with E-state index in [-0.39, 0.29) is 17.2 Å². The third kappa shape index (κ3) is 5.75. The van der Waals surface area contributed by atoms with Crippen molar-refractivity contribution in [2.24, 2.45) is 0 Å². The predicted octanol–water partition coefficient (Wildman–Crippen LogP) is 6.05. The molecule has 0 saturated carbocycles. The molecule has 0 aliphatic rings. The van der Waals surface area contributed by atoms with Crippen LogP contribution in [0.25, 0.3) is 11.3 Å². The Labute approximate surface area is 193 Å². The number of alkyl halides is 1. The average molecular weight is 501 g/mol. The van der Waals surface area contributed by atoms with Gasteiger partial charge in [-0.15, -0.1) is 11.6 Å². The molecule has 0 heterocycles. The zero-order valence-electron chi connectivity index (χ0n) is 16.5. The van der Waals surface area contributed by atoms with Gasteiger partial charge in [-0.25, -0.2) is 4.79 Å². The molecule has 2 N–H and O–H groups in total. The number of hydrogen-bond donors (Lipinski definition) is 2. The molecule has 7 heteroatoms. The molecule has 0 fully saturated rings. The summed E-state index contributed by atoms with van der Waals surface area (Å²) in [6.45, 7) is 1.58. The van der Waals surface area contributed by atoms with Gasteiger partial charge in [0.1, 0.15) is 22.5 Å². The van der Waals surface area contributed by atoms with Crippen molar-refractivity contribution in [1.29, 1.82) is 0 Å². The third-order valence-corrected chi connectivity index (χ3v) is 5.17. The number of aliphatic carboxylic acids is 1. The molecular weight excluding hydrogens is 482 g/mol. The molecule has 3 aromatic carbocycles. The summed E-state index contributed by atoms with van der Waals surface area (Å²) in [5.74, 6) is -0.836. The minimum atomic E-state index is -1.11. The summed E-state index contributed by atoms with van der Waals surface area (Å²) in [5, 5.41) is 12.0. The molecule has 0 bridgehead atoms. The van der Waals surface area contributed by atoms with Gasteiger partial charge < -0.3 is 15.2 Å². The van der Waals surface area contributed by atoms with Gasteiger partial charge in [-0.1, -0.05) is 60.7 Å². The van der Waals surface area contributed by atoms with Gasteiger partial charge in [-0.3, -0.25) is 4.79 Å². The van der Waals surface area contributed by atoms with Gasteiger partial charge in [0.05, 0.1) is 5.69 Å². The monoisotopic (exact) mass is 499 g/mol. The lowest BCUT2D eigenvalue weighted by Gasteiger charge is -2.16. The molecule has 5 nitrogen and oxygen atoms in total. The van der Waals surface area contributed by atoms with Crippen LogP contribution in [0.1, 0.15) is 18.1 Å². The lowest BCUT2D eigenvalue weighted by molar-refractivity contribution is -0.130. The van der Waals surface area contributed by atoms with Crippen molar-refractivity contribution in [3.8, 4) is 5.75 Å². The van der Waals surface area contributed by atoms with Gasteiger partial charge in [-0.2, -0.15) is 0 Å². The van der Waals surface area contributed by atoms with Crippen molar-refractivity contribution in [3.63, 3.8) is 0 Å². The SMILES string of the molecule is CC(Cl)C(=O)Nc1ccc(OC(=C(C(=O)O)c2ccccc2)c2ccccc2)cc1Br. The van der Waals surface area contributed by atoms with Crippen molar-refractivity contribution in [2.45, 2.75) is 12.3 Å². The van der Waals surface area contributed by atoms with E-state index in [1.165, 1.54) is 0 Å². The number of halogens is 2. The van der Waals surface area contributed by atoms with E-state index in [0.717, 1.165) is 0 Å². The highest BCUT2D eigenvalue weighted by atomic mass is 79.9. The highest BCUT2D eigenvalue weighted by molar-refractivity contribution is 9.10. The summed E-state index contributed by atoms with van der Waals surface area (Å²) < 4.78 is 6.67. The summed E-state index contributed by atoms with van der Waals surface area (Å²) >= 11 is 9.22. The fourth-order valence-electron chi connectivity index (χ4n) is 2.81. The molecule has 0 aliphatic heterocycles. The number of nitrogens with one attached hydrogen (secondary N) is 1. The second-order valence-corrected chi connectivity index (χ2v) is 8.10. The van der Waals surface area contributed by atoms with E-state index >= 15 is 0 Å². The zero-order valence-corrected chi connectivity index (χ0v) is 18.9. The van der Waals surface area contributed by atoms with Crippen molar-refractivity contribution in [1.82, 2.24) is 0 Å². The van der Waals surface area contributed by atoms with Gasteiger partial charge in [0.25, 0.3) is 0 Å². The maximum absolute atomic E-state index is 12.2. The van der Waals surface area contributed by atoms with Crippen LogP contribution < -0.4 is 10.1 Å². The molecular formula is C24H19BrClNO4. The second-order valence-electron chi connectivity index (χ2n) is 6.59. The van der Waals surface area contributed by atoms with Crippen LogP contribution in [0.5, 0.6) is 5.75 Å². The highest BCUT2D eigenvalue weighted by Crippen LogP contribution is 2.33. The highest BCUT2D eigenvalue weighted by Gasteiger charge is 2.21. The van der Waals surface area contributed by atoms with E-state index in [4.69, 9.17) is 16.3 Å². The van der Waals surface area contributed by atoms with Gasteiger partial charge in [0, 0.05) is 10.0 Å². The van der Waals surface area contributed by atoms with Crippen LogP contribution in [-0.2, 0) is 9.59 Å². The number of carbonyl (C=O) groups excluding carboxylic acids is 1. The number of anilines is 1. The lowest BCUT2D eigenvalue weighted by atomic mass is 10.0. The maximum Gasteiger partial charge on any atom is 0.340 e. The smallest absolute Gasteiger partial charge is 0.340 e. The Hall–Kier alpha value is -3.09. The average Bonchev–Trinajstić information content (AvgIpc) is 2.76. The number of ether oxygens (including phenoxy) is 1. The Morgan fingerprint density at radius 3 is 2.06 bits per heavy atom. The van der Waals surface area contributed by atoms with Crippen LogP contribution in [0.4, 0.5) is 5.69 Å². The molecule has 1 amide bonds. The molecule has 0 saturated heterocycles. The van der Waals surface area contributed by atoms with E-state index in [1.54, 1.807) is 61.5 Å². The normalized spacial score (nSPS) is 12.5. The van der Waals surface area contributed by atoms with Crippen molar-refractivity contribution in [2.75, 3.05) is 5.32 Å². The molecule has 1 unspecified atom stereocenters. The van der Waals surface area contributed by atoms with E-state index in [9.17, 15) is 14.7 Å². The molecule has 31 heavy (non-hydrogen) atoms. The fourth-order valence-corrected chi connectivity index (χ4v) is 3.32. The van der Waals surface area contributed by atoms with Gasteiger partial charge in [0.2, 0.25) is 5.91 Å². The van der Waals surface area contributed by atoms with Crippen LogP contribution in [-0.4, -0.2) is 22.4 Å². The first-order valence-electron chi connectivity index (χ1n) is 9.37. The molecule has 0 spiro atoms. The third-order valence-electron chi connectivity index (χ3n) is 4.32. The summed E-state index contributed by atoms with van der Waals surface area (Å²) in [5.41, 5.74) is 1.70. The summed E-state index contributed by atoms with van der Waals surface area (Å²) in [6, 6.07) is 22.8. The number of benzene rings is 3. The van der Waals surface area contributed by atoms with Crippen molar-refractivity contribution < 1.29 is 19.4 Å². The maximum atomic E-state index is 12.2. The van der Waals surface area contributed by atoms with Crippen LogP contribution in [0.2, 0.25) is 0 Å². The first-order valence-corrected chi connectivity index (χ1v) is 10.6. The largest absolute Gasteiger partial charge is 0.478 e. The van der Waals surface area contributed by atoms with Crippen molar-refractivity contribution >= 4 is 56.4 Å². The number of amides is 1. The summed E-state index contributed by atoms with van der Waals surface area (Å²) in [4.78, 5) is 24.1. The zero-order chi connectivity index (χ0) is 22.4. The Morgan fingerprint density at radius 2 is 1.55 bits per heavy atom. The molecule has 3 aromatic rings.